The number of piperidine rings is 1. The van der Waals surface area contributed by atoms with Gasteiger partial charge in [0.15, 0.2) is 5.76 Å². The van der Waals surface area contributed by atoms with Crippen molar-refractivity contribution in [3.05, 3.63) is 63.8 Å². The number of benzene rings is 1. The minimum atomic E-state index is -0.685. The van der Waals surface area contributed by atoms with Crippen LogP contribution < -0.4 is 5.56 Å². The number of allylic oxidation sites excluding steroid dienone is 1. The molecule has 9 heteroatoms. The first kappa shape index (κ1) is 25.2. The van der Waals surface area contributed by atoms with Gasteiger partial charge in [-0.1, -0.05) is 18.2 Å². The van der Waals surface area contributed by atoms with Gasteiger partial charge in [-0.05, 0) is 44.4 Å². The minimum absolute atomic E-state index is 0.0554. The number of nitrogens with zero attached hydrogens (tertiary/aromatic N) is 3. The fraction of sp³-hybridized carbons (Fsp3) is 0.538. The number of aliphatic hydroxyl groups excluding tert-OH is 1. The van der Waals surface area contributed by atoms with E-state index in [1.165, 1.54) is 0 Å². The second-order valence-electron chi connectivity index (χ2n) is 8.96. The quantitative estimate of drug-likeness (QED) is 0.548. The number of amides is 1. The number of likely N-dealkylation sites (tertiary alicyclic amines) is 1. The smallest absolute Gasteiger partial charge is 0.288 e. The van der Waals surface area contributed by atoms with Crippen LogP contribution >= 0.6 is 0 Å². The Morgan fingerprint density at radius 2 is 1.86 bits per heavy atom. The van der Waals surface area contributed by atoms with Crippen LogP contribution in [0.5, 0.6) is 0 Å². The summed E-state index contributed by atoms with van der Waals surface area (Å²) >= 11 is 0. The molecule has 3 heterocycles. The lowest BCUT2D eigenvalue weighted by molar-refractivity contribution is -0.157. The maximum atomic E-state index is 13.6. The van der Waals surface area contributed by atoms with E-state index in [1.54, 1.807) is 10.8 Å². The van der Waals surface area contributed by atoms with Gasteiger partial charge in [0.2, 0.25) is 6.29 Å². The Labute approximate surface area is 205 Å². The van der Waals surface area contributed by atoms with Crippen molar-refractivity contribution in [3.8, 4) is 5.69 Å². The highest BCUT2D eigenvalue weighted by Crippen LogP contribution is 2.33. The Bertz CT molecular complexity index is 1080. The van der Waals surface area contributed by atoms with Crippen LogP contribution in [0.1, 0.15) is 42.9 Å². The minimum Gasteiger partial charge on any atom is -0.459 e. The number of para-hydroxylation sites is 1. The van der Waals surface area contributed by atoms with Gasteiger partial charge in [0, 0.05) is 43.7 Å². The molecule has 2 aliphatic rings. The summed E-state index contributed by atoms with van der Waals surface area (Å²) in [5, 5.41) is 8.88. The van der Waals surface area contributed by atoms with Crippen LogP contribution in [0.15, 0.2) is 47.0 Å². The maximum Gasteiger partial charge on any atom is 0.288 e. The lowest BCUT2D eigenvalue weighted by Crippen LogP contribution is -2.39. The molecule has 1 saturated heterocycles. The molecule has 9 nitrogen and oxygen atoms in total. The molecule has 0 unspecified atom stereocenters. The molecule has 4 rings (SSSR count). The van der Waals surface area contributed by atoms with Crippen molar-refractivity contribution in [1.29, 1.82) is 0 Å². The maximum absolute atomic E-state index is 13.6. The van der Waals surface area contributed by atoms with Crippen LogP contribution in [0.25, 0.3) is 5.69 Å². The predicted molar refractivity (Wildman–Crippen MR) is 130 cm³/mol. The first-order valence-corrected chi connectivity index (χ1v) is 12.3. The van der Waals surface area contributed by atoms with Gasteiger partial charge in [0.25, 0.3) is 11.5 Å². The molecule has 1 aromatic heterocycles. The Hall–Kier alpha value is -2.88. The average Bonchev–Trinajstić information content (AvgIpc) is 3.11. The zero-order chi connectivity index (χ0) is 24.8. The van der Waals surface area contributed by atoms with Crippen molar-refractivity contribution in [2.75, 3.05) is 39.5 Å². The molecule has 2 atom stereocenters. The topological polar surface area (TPSA) is 95.2 Å². The van der Waals surface area contributed by atoms with Gasteiger partial charge in [-0.2, -0.15) is 0 Å². The summed E-state index contributed by atoms with van der Waals surface area (Å²) < 4.78 is 20.7. The Balaban J connectivity index is 1.63. The number of rotatable bonds is 9. The van der Waals surface area contributed by atoms with Crippen LogP contribution in [0, 0.1) is 6.92 Å². The highest BCUT2D eigenvalue weighted by atomic mass is 16.7. The second-order valence-corrected chi connectivity index (χ2v) is 8.96. The number of carbonyl (C=O) groups excluding carboxylic acids is 1. The Kier molecular flexibility index (Phi) is 8.43. The first-order valence-electron chi connectivity index (χ1n) is 12.3. The Morgan fingerprint density at radius 1 is 1.11 bits per heavy atom. The van der Waals surface area contributed by atoms with E-state index in [0.29, 0.717) is 31.7 Å². The van der Waals surface area contributed by atoms with Crippen molar-refractivity contribution in [1.82, 2.24) is 14.3 Å². The third kappa shape index (κ3) is 5.69. The predicted octanol–water partition coefficient (Wildman–Crippen LogP) is 2.24. The van der Waals surface area contributed by atoms with E-state index < -0.39 is 6.29 Å². The summed E-state index contributed by atoms with van der Waals surface area (Å²) in [5.74, 6) is -0.255. The van der Waals surface area contributed by atoms with Gasteiger partial charge in [-0.15, -0.1) is 0 Å². The molecule has 1 aromatic carbocycles. The van der Waals surface area contributed by atoms with E-state index in [-0.39, 0.29) is 43.0 Å². The molecular formula is C26H35N3O6. The standard InChI is InChI=1S/C26H35N3O6/c1-19-24(26(32)29(27(19)2)21-9-5-3-6-10-21)20-17-22(25(31)28-11-7-4-8-12-28)35-23(18-20)34-16-15-33-14-13-30/h3,5-6,9-10,17,20,23,30H,4,7-8,11-16,18H2,1-2H3/t20-,23+/m1/s1. The van der Waals surface area contributed by atoms with E-state index >= 15 is 0 Å². The first-order chi connectivity index (χ1) is 17.0. The number of hydrogen-bond acceptors (Lipinski definition) is 6. The number of ether oxygens (including phenoxy) is 3. The van der Waals surface area contributed by atoms with Gasteiger partial charge in [-0.25, -0.2) is 4.68 Å². The van der Waals surface area contributed by atoms with Crippen molar-refractivity contribution >= 4 is 5.91 Å². The monoisotopic (exact) mass is 485 g/mol. The molecule has 1 fully saturated rings. The molecular weight excluding hydrogens is 450 g/mol. The number of aliphatic hydroxyl groups is 1. The van der Waals surface area contributed by atoms with Gasteiger partial charge in [0.05, 0.1) is 32.1 Å². The molecule has 190 valence electrons. The van der Waals surface area contributed by atoms with Crippen molar-refractivity contribution in [3.63, 3.8) is 0 Å². The molecule has 1 amide bonds. The molecule has 0 saturated carbocycles. The summed E-state index contributed by atoms with van der Waals surface area (Å²) in [6.45, 7) is 4.06. The molecule has 0 spiro atoms. The van der Waals surface area contributed by atoms with Crippen molar-refractivity contribution < 1.29 is 24.1 Å². The summed E-state index contributed by atoms with van der Waals surface area (Å²) in [4.78, 5) is 28.7. The molecule has 2 aliphatic heterocycles. The molecule has 0 radical (unpaired) electrons. The summed E-state index contributed by atoms with van der Waals surface area (Å²) in [5.41, 5.74) is 2.13. The molecule has 1 N–H and O–H groups in total. The van der Waals surface area contributed by atoms with Crippen LogP contribution in [0.2, 0.25) is 0 Å². The summed E-state index contributed by atoms with van der Waals surface area (Å²) in [6, 6.07) is 9.51. The number of aromatic nitrogens is 2. The van der Waals surface area contributed by atoms with Gasteiger partial charge < -0.3 is 24.2 Å². The lowest BCUT2D eigenvalue weighted by atomic mass is 9.93. The van der Waals surface area contributed by atoms with Crippen molar-refractivity contribution in [2.24, 2.45) is 7.05 Å². The van der Waals surface area contributed by atoms with E-state index in [1.807, 2.05) is 53.9 Å². The van der Waals surface area contributed by atoms with Crippen LogP contribution in [-0.2, 0) is 26.1 Å². The largest absolute Gasteiger partial charge is 0.459 e. The highest BCUT2D eigenvalue weighted by Gasteiger charge is 2.34. The van der Waals surface area contributed by atoms with Crippen LogP contribution in [-0.4, -0.2) is 71.1 Å². The molecule has 0 bridgehead atoms. The fourth-order valence-electron chi connectivity index (χ4n) is 4.79. The Morgan fingerprint density at radius 3 is 2.57 bits per heavy atom. The normalized spacial score (nSPS) is 20.4. The van der Waals surface area contributed by atoms with Crippen molar-refractivity contribution in [2.45, 2.75) is 44.8 Å². The lowest BCUT2D eigenvalue weighted by Gasteiger charge is -2.32. The van der Waals surface area contributed by atoms with E-state index in [4.69, 9.17) is 19.3 Å². The van der Waals surface area contributed by atoms with Crippen LogP contribution in [0.4, 0.5) is 0 Å². The second kappa shape index (κ2) is 11.7. The average molecular weight is 486 g/mol. The molecule has 2 aromatic rings. The zero-order valence-electron chi connectivity index (χ0n) is 20.5. The van der Waals surface area contributed by atoms with E-state index in [9.17, 15) is 9.59 Å². The number of hydrogen-bond donors (Lipinski definition) is 1. The SMILES string of the molecule is Cc1c([C@@H]2C=C(C(=O)N3CCCCC3)O[C@H](OCCOCCO)C2)c(=O)n(-c2ccccc2)n1C. The molecule has 35 heavy (non-hydrogen) atoms. The third-order valence-corrected chi connectivity index (χ3v) is 6.65. The van der Waals surface area contributed by atoms with E-state index in [2.05, 4.69) is 0 Å². The highest BCUT2D eigenvalue weighted by molar-refractivity contribution is 5.91. The molecule has 0 aliphatic carbocycles. The van der Waals surface area contributed by atoms with Gasteiger partial charge >= 0.3 is 0 Å². The zero-order valence-corrected chi connectivity index (χ0v) is 20.5. The van der Waals surface area contributed by atoms with Crippen LogP contribution in [0.3, 0.4) is 0 Å². The fourth-order valence-corrected chi connectivity index (χ4v) is 4.79. The van der Waals surface area contributed by atoms with E-state index in [0.717, 1.165) is 30.6 Å². The summed E-state index contributed by atoms with van der Waals surface area (Å²) in [7, 11) is 1.86. The number of carbonyl (C=O) groups is 1. The van der Waals surface area contributed by atoms with Gasteiger partial charge in [-0.3, -0.25) is 14.3 Å². The summed E-state index contributed by atoms with van der Waals surface area (Å²) in [6.07, 6.45) is 4.59. The third-order valence-electron chi connectivity index (χ3n) is 6.65. The van der Waals surface area contributed by atoms with Gasteiger partial charge in [0.1, 0.15) is 0 Å².